The molecule has 3 fully saturated rings. The molecule has 2 unspecified atom stereocenters. The normalized spacial score (nSPS) is 35.2. The topological polar surface area (TPSA) is 62.4 Å². The maximum Gasteiger partial charge on any atom is 0.142 e. The van der Waals surface area contributed by atoms with E-state index < -0.39 is 0 Å². The predicted molar refractivity (Wildman–Crippen MR) is 73.0 cm³/mol. The van der Waals surface area contributed by atoms with E-state index in [1.807, 2.05) is 0 Å². The lowest BCUT2D eigenvalue weighted by molar-refractivity contribution is 0.126. The molecule has 3 aliphatic rings. The van der Waals surface area contributed by atoms with Crippen LogP contribution in [0.4, 0.5) is 10.8 Å². The number of aromatic nitrogens is 1. The first-order valence-electron chi connectivity index (χ1n) is 6.95. The first-order valence-corrected chi connectivity index (χ1v) is 7.73. The van der Waals surface area contributed by atoms with Gasteiger partial charge in [-0.25, -0.2) is 0 Å². The quantitative estimate of drug-likeness (QED) is 0.859. The van der Waals surface area contributed by atoms with Crippen LogP contribution in [0.5, 0.6) is 0 Å². The lowest BCUT2D eigenvalue weighted by Crippen LogP contribution is -2.44. The maximum atomic E-state index is 9.89. The zero-order valence-corrected chi connectivity index (χ0v) is 11.2. The third-order valence-electron chi connectivity index (χ3n) is 4.67. The fourth-order valence-electron chi connectivity index (χ4n) is 3.72. The first-order chi connectivity index (χ1) is 8.74. The van der Waals surface area contributed by atoms with Crippen LogP contribution < -0.4 is 10.6 Å². The Balaban J connectivity index is 1.71. The Kier molecular flexibility index (Phi) is 2.36. The average Bonchev–Trinajstić information content (AvgIpc) is 3.04. The number of piperidine rings is 1. The molecule has 1 aliphatic carbocycles. The number of hydrogen-bond donors (Lipinski definition) is 2. The molecule has 3 N–H and O–H groups in total. The van der Waals surface area contributed by atoms with Gasteiger partial charge in [0.25, 0.3) is 0 Å². The van der Waals surface area contributed by atoms with Gasteiger partial charge in [-0.15, -0.1) is 0 Å². The van der Waals surface area contributed by atoms with Gasteiger partial charge in [-0.3, -0.25) is 0 Å². The van der Waals surface area contributed by atoms with Crippen molar-refractivity contribution in [3.8, 4) is 0 Å². The van der Waals surface area contributed by atoms with Crippen molar-refractivity contribution < 1.29 is 5.11 Å². The van der Waals surface area contributed by atoms with Gasteiger partial charge in [0.05, 0.1) is 6.10 Å². The van der Waals surface area contributed by atoms with Crippen molar-refractivity contribution in [3.05, 3.63) is 5.56 Å². The Labute approximate surface area is 111 Å². The molecule has 4 rings (SSSR count). The Morgan fingerprint density at radius 3 is 2.44 bits per heavy atom. The van der Waals surface area contributed by atoms with E-state index in [4.69, 9.17) is 5.73 Å². The second kappa shape index (κ2) is 3.84. The summed E-state index contributed by atoms with van der Waals surface area (Å²) >= 11 is 1.57. The van der Waals surface area contributed by atoms with Crippen molar-refractivity contribution in [2.75, 3.05) is 10.6 Å². The minimum Gasteiger partial charge on any atom is -0.393 e. The number of aliphatic hydroxyl groups excluding tert-OH is 1. The summed E-state index contributed by atoms with van der Waals surface area (Å²) < 4.78 is 4.38. The molecule has 2 atom stereocenters. The van der Waals surface area contributed by atoms with Crippen LogP contribution >= 0.6 is 11.5 Å². The van der Waals surface area contributed by atoms with Crippen molar-refractivity contribution in [2.24, 2.45) is 0 Å². The molecule has 4 nitrogen and oxygen atoms in total. The Morgan fingerprint density at radius 2 is 1.83 bits per heavy atom. The standard InChI is InChI=1S/C13H19N3OS/c14-12-11(7-1-2-7)13(18-15-12)16-8-3-4-9(16)6-10(17)5-8/h7-10,17H,1-6H2,(H2,14,15). The smallest absolute Gasteiger partial charge is 0.142 e. The highest BCUT2D eigenvalue weighted by molar-refractivity contribution is 7.10. The predicted octanol–water partition coefficient (Wildman–Crippen LogP) is 2.09. The van der Waals surface area contributed by atoms with Gasteiger partial charge in [-0.05, 0) is 56.0 Å². The lowest BCUT2D eigenvalue weighted by atomic mass is 9.99. The van der Waals surface area contributed by atoms with Gasteiger partial charge in [0.2, 0.25) is 0 Å². The molecule has 0 amide bonds. The van der Waals surface area contributed by atoms with Crippen molar-refractivity contribution >= 4 is 22.4 Å². The molecule has 2 aliphatic heterocycles. The fourth-order valence-corrected chi connectivity index (χ4v) is 4.77. The lowest BCUT2D eigenvalue weighted by Gasteiger charge is -2.38. The Morgan fingerprint density at radius 1 is 1.17 bits per heavy atom. The van der Waals surface area contributed by atoms with Gasteiger partial charge in [-0.1, -0.05) is 0 Å². The molecule has 0 radical (unpaired) electrons. The number of nitrogen functional groups attached to an aromatic ring is 1. The van der Waals surface area contributed by atoms with Crippen LogP contribution in [0.3, 0.4) is 0 Å². The second-order valence-corrected chi connectivity index (χ2v) is 6.73. The minimum absolute atomic E-state index is 0.103. The van der Waals surface area contributed by atoms with Crippen LogP contribution in [-0.2, 0) is 0 Å². The third-order valence-corrected chi connectivity index (χ3v) is 5.56. The maximum absolute atomic E-state index is 9.89. The van der Waals surface area contributed by atoms with E-state index in [1.165, 1.54) is 36.2 Å². The van der Waals surface area contributed by atoms with E-state index in [9.17, 15) is 5.11 Å². The van der Waals surface area contributed by atoms with Crippen molar-refractivity contribution in [1.29, 1.82) is 0 Å². The zero-order chi connectivity index (χ0) is 12.3. The fraction of sp³-hybridized carbons (Fsp3) is 0.769. The molecular weight excluding hydrogens is 246 g/mol. The molecule has 0 aromatic carbocycles. The summed E-state index contributed by atoms with van der Waals surface area (Å²) in [7, 11) is 0. The van der Waals surface area contributed by atoms with E-state index in [-0.39, 0.29) is 6.10 Å². The van der Waals surface area contributed by atoms with Crippen molar-refractivity contribution in [1.82, 2.24) is 4.37 Å². The van der Waals surface area contributed by atoms with Crippen LogP contribution in [0.15, 0.2) is 0 Å². The summed E-state index contributed by atoms with van der Waals surface area (Å²) in [6.45, 7) is 0. The molecule has 3 heterocycles. The summed E-state index contributed by atoms with van der Waals surface area (Å²) in [5.74, 6) is 1.41. The number of anilines is 2. The van der Waals surface area contributed by atoms with Crippen LogP contribution in [0, 0.1) is 0 Å². The molecule has 1 aromatic rings. The van der Waals surface area contributed by atoms with Gasteiger partial charge in [0.1, 0.15) is 10.8 Å². The van der Waals surface area contributed by atoms with Gasteiger partial charge < -0.3 is 15.7 Å². The minimum atomic E-state index is -0.103. The number of nitrogens with two attached hydrogens (primary N) is 1. The van der Waals surface area contributed by atoms with Crippen LogP contribution in [0.2, 0.25) is 0 Å². The number of aliphatic hydroxyl groups is 1. The number of hydrogen-bond acceptors (Lipinski definition) is 5. The summed E-state index contributed by atoms with van der Waals surface area (Å²) in [4.78, 5) is 2.54. The summed E-state index contributed by atoms with van der Waals surface area (Å²) in [6.07, 6.45) is 6.68. The van der Waals surface area contributed by atoms with Crippen molar-refractivity contribution in [2.45, 2.75) is 62.6 Å². The zero-order valence-electron chi connectivity index (χ0n) is 10.4. The molecule has 2 saturated heterocycles. The average molecular weight is 265 g/mol. The number of nitrogens with zero attached hydrogens (tertiary/aromatic N) is 2. The molecule has 2 bridgehead atoms. The van der Waals surface area contributed by atoms with Gasteiger partial charge >= 0.3 is 0 Å². The highest BCUT2D eigenvalue weighted by Crippen LogP contribution is 2.52. The summed E-state index contributed by atoms with van der Waals surface area (Å²) in [5, 5.41) is 11.2. The van der Waals surface area contributed by atoms with Crippen LogP contribution in [0.1, 0.15) is 50.0 Å². The number of fused-ring (bicyclic) bond motifs is 2. The summed E-state index contributed by atoms with van der Waals surface area (Å²) in [6, 6.07) is 1.02. The third kappa shape index (κ3) is 1.57. The first kappa shape index (κ1) is 11.1. The molecule has 1 saturated carbocycles. The van der Waals surface area contributed by atoms with E-state index >= 15 is 0 Å². The molecule has 98 valence electrons. The molecular formula is C13H19N3OS. The molecule has 1 aromatic heterocycles. The highest BCUT2D eigenvalue weighted by atomic mass is 32.1. The molecule has 5 heteroatoms. The van der Waals surface area contributed by atoms with E-state index in [1.54, 1.807) is 11.5 Å². The van der Waals surface area contributed by atoms with E-state index in [0.29, 0.717) is 18.0 Å². The van der Waals surface area contributed by atoms with Gasteiger partial charge in [0.15, 0.2) is 0 Å². The number of rotatable bonds is 2. The highest BCUT2D eigenvalue weighted by Gasteiger charge is 2.43. The second-order valence-electron chi connectivity index (χ2n) is 5.98. The Bertz CT molecular complexity index is 457. The van der Waals surface area contributed by atoms with Crippen LogP contribution in [0.25, 0.3) is 0 Å². The molecule has 0 spiro atoms. The summed E-state index contributed by atoms with van der Waals surface area (Å²) in [5.41, 5.74) is 7.36. The van der Waals surface area contributed by atoms with Gasteiger partial charge in [0, 0.05) is 17.6 Å². The van der Waals surface area contributed by atoms with Gasteiger partial charge in [-0.2, -0.15) is 4.37 Å². The van der Waals surface area contributed by atoms with Crippen molar-refractivity contribution in [3.63, 3.8) is 0 Å². The van der Waals surface area contributed by atoms with Crippen LogP contribution in [-0.4, -0.2) is 27.7 Å². The SMILES string of the molecule is Nc1nsc(N2C3CCC2CC(O)C3)c1C1CC1. The van der Waals surface area contributed by atoms with E-state index in [2.05, 4.69) is 9.27 Å². The Hall–Kier alpha value is -0.810. The van der Waals surface area contributed by atoms with E-state index in [0.717, 1.165) is 18.7 Å². The molecule has 18 heavy (non-hydrogen) atoms. The largest absolute Gasteiger partial charge is 0.393 e. The monoisotopic (exact) mass is 265 g/mol.